The molecule has 2 amide bonds. The summed E-state index contributed by atoms with van der Waals surface area (Å²) in [6.07, 6.45) is 0. The van der Waals surface area contributed by atoms with E-state index in [2.05, 4.69) is 4.90 Å². The molecule has 0 aromatic rings. The molecule has 1 heterocycles. The average molecular weight is 213 g/mol. The van der Waals surface area contributed by atoms with Crippen molar-refractivity contribution < 1.29 is 9.59 Å². The molecule has 0 saturated carbocycles. The molecule has 1 aliphatic heterocycles. The summed E-state index contributed by atoms with van der Waals surface area (Å²) in [5, 5.41) is 0. The van der Waals surface area contributed by atoms with E-state index in [0.717, 1.165) is 13.1 Å². The molecule has 5 nitrogen and oxygen atoms in total. The maximum absolute atomic E-state index is 12.0. The lowest BCUT2D eigenvalue weighted by molar-refractivity contribution is -0.148. The van der Waals surface area contributed by atoms with Gasteiger partial charge in [-0.05, 0) is 20.9 Å². The third kappa shape index (κ3) is 2.47. The van der Waals surface area contributed by atoms with Gasteiger partial charge in [0.2, 0.25) is 11.8 Å². The second-order valence-electron chi connectivity index (χ2n) is 4.58. The Hall–Kier alpha value is -1.10. The van der Waals surface area contributed by atoms with E-state index in [1.54, 1.807) is 18.7 Å². The van der Waals surface area contributed by atoms with E-state index < -0.39 is 11.3 Å². The van der Waals surface area contributed by atoms with Gasteiger partial charge in [0.15, 0.2) is 0 Å². The number of primary amides is 1. The first-order valence-electron chi connectivity index (χ1n) is 5.13. The van der Waals surface area contributed by atoms with Gasteiger partial charge in [0.1, 0.15) is 5.41 Å². The second kappa shape index (κ2) is 4.18. The Morgan fingerprint density at radius 2 is 1.60 bits per heavy atom. The molecule has 0 aromatic carbocycles. The largest absolute Gasteiger partial charge is 0.369 e. The van der Waals surface area contributed by atoms with E-state index in [1.807, 2.05) is 7.05 Å². The maximum atomic E-state index is 12.0. The van der Waals surface area contributed by atoms with Gasteiger partial charge < -0.3 is 15.5 Å². The second-order valence-corrected chi connectivity index (χ2v) is 4.58. The molecular weight excluding hydrogens is 194 g/mol. The van der Waals surface area contributed by atoms with Crippen LogP contribution in [-0.4, -0.2) is 54.8 Å². The topological polar surface area (TPSA) is 66.6 Å². The molecule has 0 spiro atoms. The van der Waals surface area contributed by atoms with Crippen molar-refractivity contribution in [3.05, 3.63) is 0 Å². The zero-order chi connectivity index (χ0) is 11.6. The third-order valence-corrected chi connectivity index (χ3v) is 2.94. The summed E-state index contributed by atoms with van der Waals surface area (Å²) in [5.41, 5.74) is 4.12. The van der Waals surface area contributed by atoms with Crippen LogP contribution in [0.4, 0.5) is 0 Å². The minimum Gasteiger partial charge on any atom is -0.369 e. The van der Waals surface area contributed by atoms with Gasteiger partial charge in [0.05, 0.1) is 0 Å². The number of carbonyl (C=O) groups is 2. The van der Waals surface area contributed by atoms with Crippen LogP contribution in [0, 0.1) is 5.41 Å². The van der Waals surface area contributed by atoms with E-state index in [1.165, 1.54) is 0 Å². The van der Waals surface area contributed by atoms with Crippen LogP contribution in [0.1, 0.15) is 13.8 Å². The van der Waals surface area contributed by atoms with Crippen molar-refractivity contribution in [2.24, 2.45) is 11.1 Å². The van der Waals surface area contributed by atoms with E-state index in [4.69, 9.17) is 5.73 Å². The Kier molecular flexibility index (Phi) is 3.34. The lowest BCUT2D eigenvalue weighted by atomic mass is 9.90. The molecular formula is C10H19N3O2. The Balaban J connectivity index is 2.65. The highest BCUT2D eigenvalue weighted by Gasteiger charge is 2.38. The Bertz CT molecular complexity index is 268. The number of amides is 2. The number of nitrogens with zero attached hydrogens (tertiary/aromatic N) is 2. The molecule has 0 aliphatic carbocycles. The number of piperazine rings is 1. The minimum absolute atomic E-state index is 0.164. The predicted molar refractivity (Wildman–Crippen MR) is 57.1 cm³/mol. The predicted octanol–water partition coefficient (Wildman–Crippen LogP) is -0.728. The Morgan fingerprint density at radius 3 is 2.00 bits per heavy atom. The van der Waals surface area contributed by atoms with Gasteiger partial charge >= 0.3 is 0 Å². The quantitative estimate of drug-likeness (QED) is 0.615. The standard InChI is InChI=1S/C10H19N3O2/c1-10(2,8(11)14)9(15)13-6-4-12(3)5-7-13/h4-7H2,1-3H3,(H2,11,14). The summed E-state index contributed by atoms with van der Waals surface area (Å²) in [6, 6.07) is 0. The van der Waals surface area contributed by atoms with E-state index in [0.29, 0.717) is 13.1 Å². The normalized spacial score (nSPS) is 19.0. The van der Waals surface area contributed by atoms with Gasteiger partial charge in [-0.25, -0.2) is 0 Å². The van der Waals surface area contributed by atoms with Gasteiger partial charge in [0, 0.05) is 26.2 Å². The summed E-state index contributed by atoms with van der Waals surface area (Å²) in [7, 11) is 2.01. The van der Waals surface area contributed by atoms with Gasteiger partial charge in [-0.2, -0.15) is 0 Å². The highest BCUT2D eigenvalue weighted by molar-refractivity contribution is 6.03. The van der Waals surface area contributed by atoms with Crippen molar-refractivity contribution in [3.8, 4) is 0 Å². The maximum Gasteiger partial charge on any atom is 0.237 e. The summed E-state index contributed by atoms with van der Waals surface area (Å²) in [5.74, 6) is -0.727. The first-order valence-corrected chi connectivity index (χ1v) is 5.13. The van der Waals surface area contributed by atoms with Gasteiger partial charge in [-0.3, -0.25) is 9.59 Å². The molecule has 0 radical (unpaired) electrons. The molecule has 1 rings (SSSR count). The van der Waals surface area contributed by atoms with Crippen molar-refractivity contribution in [2.75, 3.05) is 33.2 Å². The van der Waals surface area contributed by atoms with Gasteiger partial charge in [-0.1, -0.05) is 0 Å². The highest BCUT2D eigenvalue weighted by Crippen LogP contribution is 2.19. The Labute approximate surface area is 90.2 Å². The zero-order valence-corrected chi connectivity index (χ0v) is 9.62. The fourth-order valence-corrected chi connectivity index (χ4v) is 1.51. The van der Waals surface area contributed by atoms with Crippen LogP contribution < -0.4 is 5.73 Å². The lowest BCUT2D eigenvalue weighted by Gasteiger charge is -2.36. The van der Waals surface area contributed by atoms with Crippen LogP contribution in [0.3, 0.4) is 0 Å². The van der Waals surface area contributed by atoms with Crippen LogP contribution >= 0.6 is 0 Å². The van der Waals surface area contributed by atoms with E-state index >= 15 is 0 Å². The molecule has 1 fully saturated rings. The molecule has 1 saturated heterocycles. The number of hydrogen-bond donors (Lipinski definition) is 1. The number of hydrogen-bond acceptors (Lipinski definition) is 3. The summed E-state index contributed by atoms with van der Waals surface area (Å²) in [6.45, 7) is 6.20. The first-order chi connectivity index (χ1) is 6.85. The van der Waals surface area contributed by atoms with Crippen molar-refractivity contribution in [1.82, 2.24) is 9.80 Å². The minimum atomic E-state index is -1.09. The van der Waals surface area contributed by atoms with Crippen LogP contribution in [0.5, 0.6) is 0 Å². The van der Waals surface area contributed by atoms with E-state index in [9.17, 15) is 9.59 Å². The monoisotopic (exact) mass is 213 g/mol. The van der Waals surface area contributed by atoms with Gasteiger partial charge in [-0.15, -0.1) is 0 Å². The molecule has 0 bridgehead atoms. The van der Waals surface area contributed by atoms with E-state index in [-0.39, 0.29) is 5.91 Å². The Morgan fingerprint density at radius 1 is 1.13 bits per heavy atom. The smallest absolute Gasteiger partial charge is 0.237 e. The van der Waals surface area contributed by atoms with Crippen LogP contribution in [0.15, 0.2) is 0 Å². The molecule has 1 aliphatic rings. The number of rotatable bonds is 2. The number of nitrogens with two attached hydrogens (primary N) is 1. The summed E-state index contributed by atoms with van der Waals surface area (Å²) >= 11 is 0. The third-order valence-electron chi connectivity index (χ3n) is 2.94. The molecule has 0 aromatic heterocycles. The lowest BCUT2D eigenvalue weighted by Crippen LogP contribution is -2.54. The number of likely N-dealkylation sites (N-methyl/N-ethyl adjacent to an activating group) is 1. The molecule has 5 heteroatoms. The van der Waals surface area contributed by atoms with Crippen molar-refractivity contribution >= 4 is 11.8 Å². The molecule has 0 unspecified atom stereocenters. The molecule has 2 N–H and O–H groups in total. The van der Waals surface area contributed by atoms with Gasteiger partial charge in [0.25, 0.3) is 0 Å². The summed E-state index contributed by atoms with van der Waals surface area (Å²) < 4.78 is 0. The molecule has 0 atom stereocenters. The van der Waals surface area contributed by atoms with Crippen LogP contribution in [0.2, 0.25) is 0 Å². The fourth-order valence-electron chi connectivity index (χ4n) is 1.51. The molecule has 86 valence electrons. The average Bonchev–Trinajstić information content (AvgIpc) is 2.17. The van der Waals surface area contributed by atoms with Crippen molar-refractivity contribution in [3.63, 3.8) is 0 Å². The number of carbonyl (C=O) groups excluding carboxylic acids is 2. The highest BCUT2D eigenvalue weighted by atomic mass is 16.2. The van der Waals surface area contributed by atoms with Crippen molar-refractivity contribution in [2.45, 2.75) is 13.8 Å². The SMILES string of the molecule is CN1CCN(C(=O)C(C)(C)C(N)=O)CC1. The first kappa shape index (κ1) is 12.0. The molecule has 15 heavy (non-hydrogen) atoms. The van der Waals surface area contributed by atoms with Crippen LogP contribution in [0.25, 0.3) is 0 Å². The fraction of sp³-hybridized carbons (Fsp3) is 0.800. The van der Waals surface area contributed by atoms with Crippen LogP contribution in [-0.2, 0) is 9.59 Å². The zero-order valence-electron chi connectivity index (χ0n) is 9.62. The summed E-state index contributed by atoms with van der Waals surface area (Å²) in [4.78, 5) is 27.0. The van der Waals surface area contributed by atoms with Crippen molar-refractivity contribution in [1.29, 1.82) is 0 Å².